The topological polar surface area (TPSA) is 75.3 Å². The zero-order valence-electron chi connectivity index (χ0n) is 11.2. The summed E-state index contributed by atoms with van der Waals surface area (Å²) in [6, 6.07) is -0.117. The quantitative estimate of drug-likeness (QED) is 0.691. The van der Waals surface area contributed by atoms with E-state index in [4.69, 9.17) is 0 Å². The predicted molar refractivity (Wildman–Crippen MR) is 72.2 cm³/mol. The summed E-state index contributed by atoms with van der Waals surface area (Å²) >= 11 is 0. The molecule has 2 N–H and O–H groups in total. The molecule has 1 unspecified atom stereocenters. The van der Waals surface area contributed by atoms with Crippen molar-refractivity contribution in [2.45, 2.75) is 51.6 Å². The van der Waals surface area contributed by atoms with Gasteiger partial charge in [-0.2, -0.15) is 0 Å². The molecule has 0 aliphatic carbocycles. The first kappa shape index (κ1) is 15.4. The van der Waals surface area contributed by atoms with Crippen molar-refractivity contribution in [3.8, 4) is 0 Å². The van der Waals surface area contributed by atoms with Crippen LogP contribution in [0.25, 0.3) is 0 Å². The number of carbonyl (C=O) groups excluding carboxylic acids is 1. The van der Waals surface area contributed by atoms with Crippen LogP contribution in [0, 0.1) is 0 Å². The molecule has 1 atom stereocenters. The number of carbonyl (C=O) groups is 1. The Labute approximate surface area is 110 Å². The van der Waals surface area contributed by atoms with Crippen LogP contribution < -0.4 is 10.6 Å². The summed E-state index contributed by atoms with van der Waals surface area (Å²) in [6.45, 7) is 4.61. The largest absolute Gasteiger partial charge is 0.355 e. The van der Waals surface area contributed by atoms with Crippen LogP contribution in [-0.4, -0.2) is 44.5 Å². The first-order valence-electron chi connectivity index (χ1n) is 6.69. The van der Waals surface area contributed by atoms with Crippen molar-refractivity contribution in [3.63, 3.8) is 0 Å². The van der Waals surface area contributed by atoms with E-state index in [-0.39, 0.29) is 29.5 Å². The molecule has 18 heavy (non-hydrogen) atoms. The van der Waals surface area contributed by atoms with Crippen LogP contribution in [0.4, 0.5) is 0 Å². The molecule has 0 bridgehead atoms. The summed E-state index contributed by atoms with van der Waals surface area (Å²) in [5.74, 6) is 0.459. The Morgan fingerprint density at radius 3 is 2.50 bits per heavy atom. The number of sulfone groups is 1. The molecule has 6 heteroatoms. The third-order valence-corrected chi connectivity index (χ3v) is 4.98. The maximum absolute atomic E-state index is 11.7. The van der Waals surface area contributed by atoms with Gasteiger partial charge in [0.25, 0.3) is 0 Å². The van der Waals surface area contributed by atoms with Crippen molar-refractivity contribution in [1.29, 1.82) is 0 Å². The van der Waals surface area contributed by atoms with E-state index >= 15 is 0 Å². The van der Waals surface area contributed by atoms with Gasteiger partial charge < -0.3 is 10.6 Å². The van der Waals surface area contributed by atoms with E-state index in [1.54, 1.807) is 0 Å². The van der Waals surface area contributed by atoms with Crippen LogP contribution >= 0.6 is 0 Å². The van der Waals surface area contributed by atoms with Gasteiger partial charge >= 0.3 is 0 Å². The van der Waals surface area contributed by atoms with E-state index in [0.717, 1.165) is 12.8 Å². The zero-order chi connectivity index (χ0) is 13.6. The lowest BCUT2D eigenvalue weighted by Crippen LogP contribution is -2.49. The number of hydrogen-bond acceptors (Lipinski definition) is 4. The Bertz CT molecular complexity index is 354. The van der Waals surface area contributed by atoms with Gasteiger partial charge in [-0.15, -0.1) is 0 Å². The molecule has 1 aliphatic heterocycles. The van der Waals surface area contributed by atoms with Gasteiger partial charge in [0.15, 0.2) is 0 Å². The molecule has 0 saturated carbocycles. The Balaban J connectivity index is 2.27. The lowest BCUT2D eigenvalue weighted by atomic mass is 10.1. The summed E-state index contributed by atoms with van der Waals surface area (Å²) in [4.78, 5) is 11.7. The summed E-state index contributed by atoms with van der Waals surface area (Å²) < 4.78 is 22.6. The highest BCUT2D eigenvalue weighted by molar-refractivity contribution is 7.91. The lowest BCUT2D eigenvalue weighted by molar-refractivity contribution is -0.122. The highest BCUT2D eigenvalue weighted by Crippen LogP contribution is 2.12. The minimum absolute atomic E-state index is 0.00289. The van der Waals surface area contributed by atoms with Crippen LogP contribution in [-0.2, 0) is 14.6 Å². The molecule has 1 saturated heterocycles. The van der Waals surface area contributed by atoms with E-state index in [0.29, 0.717) is 19.4 Å². The van der Waals surface area contributed by atoms with Gasteiger partial charge in [-0.1, -0.05) is 13.3 Å². The fourth-order valence-electron chi connectivity index (χ4n) is 2.03. The second-order valence-electron chi connectivity index (χ2n) is 4.96. The molecule has 1 rings (SSSR count). The van der Waals surface area contributed by atoms with Crippen LogP contribution in [0.3, 0.4) is 0 Å². The first-order valence-corrected chi connectivity index (χ1v) is 8.51. The zero-order valence-corrected chi connectivity index (χ0v) is 12.1. The van der Waals surface area contributed by atoms with E-state index in [2.05, 4.69) is 17.6 Å². The molecular weight excluding hydrogens is 252 g/mol. The van der Waals surface area contributed by atoms with Crippen molar-refractivity contribution in [3.05, 3.63) is 0 Å². The standard InChI is InChI=1S/C12H24N2O3S/c1-3-4-7-13-12(15)10(2)14-11-5-8-18(16,17)9-6-11/h10-11,14H,3-9H2,1-2H3,(H,13,15). The van der Waals surface area contributed by atoms with E-state index in [1.807, 2.05) is 6.92 Å². The normalized spacial score (nSPS) is 21.4. The van der Waals surface area contributed by atoms with Gasteiger partial charge in [0.1, 0.15) is 9.84 Å². The van der Waals surface area contributed by atoms with Crippen molar-refractivity contribution >= 4 is 15.7 Å². The maximum Gasteiger partial charge on any atom is 0.236 e. The molecule has 5 nitrogen and oxygen atoms in total. The number of hydrogen-bond donors (Lipinski definition) is 2. The van der Waals surface area contributed by atoms with Gasteiger partial charge in [0.2, 0.25) is 5.91 Å². The molecule has 0 aromatic carbocycles. The Morgan fingerprint density at radius 1 is 1.33 bits per heavy atom. The van der Waals surface area contributed by atoms with E-state index in [1.165, 1.54) is 0 Å². The first-order chi connectivity index (χ1) is 8.44. The second kappa shape index (κ2) is 7.09. The predicted octanol–water partition coefficient (Wildman–Crippen LogP) is 0.458. The summed E-state index contributed by atoms with van der Waals surface area (Å²) in [6.07, 6.45) is 3.26. The Hall–Kier alpha value is -0.620. The Morgan fingerprint density at radius 2 is 1.94 bits per heavy atom. The number of amides is 1. The lowest BCUT2D eigenvalue weighted by Gasteiger charge is -2.26. The summed E-state index contributed by atoms with van der Waals surface area (Å²) in [7, 11) is -2.83. The molecule has 1 aliphatic rings. The molecule has 1 amide bonds. The number of nitrogens with one attached hydrogen (secondary N) is 2. The highest BCUT2D eigenvalue weighted by atomic mass is 32.2. The minimum Gasteiger partial charge on any atom is -0.355 e. The van der Waals surface area contributed by atoms with Crippen molar-refractivity contribution in [2.75, 3.05) is 18.1 Å². The monoisotopic (exact) mass is 276 g/mol. The average molecular weight is 276 g/mol. The van der Waals surface area contributed by atoms with Crippen LogP contribution in [0.1, 0.15) is 39.5 Å². The van der Waals surface area contributed by atoms with E-state index in [9.17, 15) is 13.2 Å². The van der Waals surface area contributed by atoms with Crippen molar-refractivity contribution in [2.24, 2.45) is 0 Å². The molecular formula is C12H24N2O3S. The van der Waals surface area contributed by atoms with Crippen LogP contribution in [0.5, 0.6) is 0 Å². The van der Waals surface area contributed by atoms with Crippen LogP contribution in [0.2, 0.25) is 0 Å². The molecule has 0 spiro atoms. The molecule has 1 heterocycles. The summed E-state index contributed by atoms with van der Waals surface area (Å²) in [5, 5.41) is 6.08. The van der Waals surface area contributed by atoms with Gasteiger partial charge in [-0.25, -0.2) is 8.42 Å². The van der Waals surface area contributed by atoms with Gasteiger partial charge in [0, 0.05) is 12.6 Å². The van der Waals surface area contributed by atoms with Crippen LogP contribution in [0.15, 0.2) is 0 Å². The fraction of sp³-hybridized carbons (Fsp3) is 0.917. The molecule has 106 valence electrons. The van der Waals surface area contributed by atoms with Gasteiger partial charge in [-0.3, -0.25) is 4.79 Å². The average Bonchev–Trinajstić information content (AvgIpc) is 2.32. The van der Waals surface area contributed by atoms with Gasteiger partial charge in [0.05, 0.1) is 17.5 Å². The molecule has 0 aromatic rings. The second-order valence-corrected chi connectivity index (χ2v) is 7.26. The summed E-state index contributed by atoms with van der Waals surface area (Å²) in [5.41, 5.74) is 0. The molecule has 1 fully saturated rings. The fourth-order valence-corrected chi connectivity index (χ4v) is 3.52. The third-order valence-electron chi connectivity index (χ3n) is 3.26. The smallest absolute Gasteiger partial charge is 0.236 e. The SMILES string of the molecule is CCCCNC(=O)C(C)NC1CCS(=O)(=O)CC1. The highest BCUT2D eigenvalue weighted by Gasteiger charge is 2.25. The van der Waals surface area contributed by atoms with E-state index < -0.39 is 9.84 Å². The van der Waals surface area contributed by atoms with Crippen molar-refractivity contribution < 1.29 is 13.2 Å². The molecule has 0 radical (unpaired) electrons. The third kappa shape index (κ3) is 5.35. The number of rotatable bonds is 6. The minimum atomic E-state index is -2.83. The number of unbranched alkanes of at least 4 members (excludes halogenated alkanes) is 1. The maximum atomic E-state index is 11.7. The molecule has 0 aromatic heterocycles. The Kier molecular flexibility index (Phi) is 6.08. The van der Waals surface area contributed by atoms with Crippen molar-refractivity contribution in [1.82, 2.24) is 10.6 Å². The van der Waals surface area contributed by atoms with Gasteiger partial charge in [-0.05, 0) is 26.2 Å².